The molecule has 6 nitrogen and oxygen atoms in total. The summed E-state index contributed by atoms with van der Waals surface area (Å²) in [7, 11) is 0. The molecule has 0 bridgehead atoms. The van der Waals surface area contributed by atoms with Crippen LogP contribution in [0.15, 0.2) is 54.6 Å². The van der Waals surface area contributed by atoms with Gasteiger partial charge >= 0.3 is 0 Å². The van der Waals surface area contributed by atoms with Crippen LogP contribution in [0, 0.1) is 17.0 Å². The van der Waals surface area contributed by atoms with Gasteiger partial charge in [0.25, 0.3) is 5.69 Å². The van der Waals surface area contributed by atoms with Crippen molar-refractivity contribution in [2.24, 2.45) is 0 Å². The number of nitrogens with zero attached hydrogens (tertiary/aromatic N) is 1. The van der Waals surface area contributed by atoms with E-state index in [1.54, 1.807) is 18.2 Å². The first-order chi connectivity index (χ1) is 11.6. The lowest BCUT2D eigenvalue weighted by Gasteiger charge is -2.06. The van der Waals surface area contributed by atoms with Gasteiger partial charge in [-0.2, -0.15) is 0 Å². The molecule has 2 N–H and O–H groups in total. The van der Waals surface area contributed by atoms with Crippen LogP contribution in [-0.2, 0) is 4.79 Å². The Labute approximate surface area is 140 Å². The number of benzene rings is 2. The number of rotatable bonds is 7. The number of non-ortho nitro benzene ring substituents is 1. The van der Waals surface area contributed by atoms with Gasteiger partial charge in [-0.15, -0.1) is 0 Å². The molecule has 0 saturated heterocycles. The zero-order chi connectivity index (χ0) is 17.4. The van der Waals surface area contributed by atoms with Gasteiger partial charge < -0.3 is 10.6 Å². The highest BCUT2D eigenvalue weighted by Crippen LogP contribution is 2.14. The predicted molar refractivity (Wildman–Crippen MR) is 94.8 cm³/mol. The van der Waals surface area contributed by atoms with Crippen molar-refractivity contribution in [2.45, 2.75) is 6.92 Å². The third-order valence-corrected chi connectivity index (χ3v) is 3.43. The summed E-state index contributed by atoms with van der Waals surface area (Å²) < 4.78 is 0. The van der Waals surface area contributed by atoms with E-state index in [2.05, 4.69) is 10.6 Å². The van der Waals surface area contributed by atoms with E-state index in [-0.39, 0.29) is 11.6 Å². The van der Waals surface area contributed by atoms with Gasteiger partial charge in [-0.3, -0.25) is 14.9 Å². The van der Waals surface area contributed by atoms with Crippen LogP contribution >= 0.6 is 0 Å². The second-order valence-corrected chi connectivity index (χ2v) is 5.21. The summed E-state index contributed by atoms with van der Waals surface area (Å²) in [6, 6.07) is 14.0. The highest BCUT2D eigenvalue weighted by Gasteiger charge is 2.03. The van der Waals surface area contributed by atoms with Gasteiger partial charge in [-0.25, -0.2) is 0 Å². The molecule has 2 aromatic carbocycles. The standard InChI is InChI=1S/C18H19N3O3/c1-14-4-2-3-5-15(14)6-11-18(22)20-13-12-19-16-7-9-17(10-8-16)21(23)24/h2-11,19H,12-13H2,1H3,(H,20,22)/b11-6+. The van der Waals surface area contributed by atoms with Crippen LogP contribution in [0.4, 0.5) is 11.4 Å². The van der Waals surface area contributed by atoms with E-state index in [1.807, 2.05) is 31.2 Å². The van der Waals surface area contributed by atoms with Crippen LogP contribution in [0.1, 0.15) is 11.1 Å². The molecule has 0 unspecified atom stereocenters. The number of amides is 1. The second kappa shape index (κ2) is 8.47. The molecule has 0 saturated carbocycles. The average molecular weight is 325 g/mol. The molecular formula is C18H19N3O3. The molecule has 2 aromatic rings. The van der Waals surface area contributed by atoms with Crippen molar-refractivity contribution < 1.29 is 9.72 Å². The normalized spacial score (nSPS) is 10.5. The van der Waals surface area contributed by atoms with E-state index < -0.39 is 4.92 Å². The molecule has 0 radical (unpaired) electrons. The number of nitro benzene ring substituents is 1. The maximum Gasteiger partial charge on any atom is 0.269 e. The molecule has 1 amide bonds. The van der Waals surface area contributed by atoms with Gasteiger partial charge in [-0.1, -0.05) is 24.3 Å². The number of nitrogens with one attached hydrogen (secondary N) is 2. The van der Waals surface area contributed by atoms with E-state index in [0.717, 1.165) is 16.8 Å². The summed E-state index contributed by atoms with van der Waals surface area (Å²) in [4.78, 5) is 21.9. The van der Waals surface area contributed by atoms with Crippen molar-refractivity contribution in [3.8, 4) is 0 Å². The first-order valence-electron chi connectivity index (χ1n) is 7.56. The van der Waals surface area contributed by atoms with Gasteiger partial charge in [0.05, 0.1) is 4.92 Å². The van der Waals surface area contributed by atoms with Gasteiger partial charge in [0.2, 0.25) is 5.91 Å². The summed E-state index contributed by atoms with van der Waals surface area (Å²) in [6.07, 6.45) is 3.29. The number of aryl methyl sites for hydroxylation is 1. The van der Waals surface area contributed by atoms with Crippen LogP contribution in [0.2, 0.25) is 0 Å². The molecule has 24 heavy (non-hydrogen) atoms. The van der Waals surface area contributed by atoms with Gasteiger partial charge in [-0.05, 0) is 36.3 Å². The van der Waals surface area contributed by atoms with Crippen LogP contribution in [0.5, 0.6) is 0 Å². The fourth-order valence-corrected chi connectivity index (χ4v) is 2.09. The summed E-state index contributed by atoms with van der Waals surface area (Å²) in [6.45, 7) is 2.97. The van der Waals surface area contributed by atoms with Gasteiger partial charge in [0.15, 0.2) is 0 Å². The fraction of sp³-hybridized carbons (Fsp3) is 0.167. The number of hydrogen-bond acceptors (Lipinski definition) is 4. The van der Waals surface area contributed by atoms with E-state index in [0.29, 0.717) is 13.1 Å². The fourth-order valence-electron chi connectivity index (χ4n) is 2.09. The number of nitro groups is 1. The van der Waals surface area contributed by atoms with Crippen molar-refractivity contribution in [2.75, 3.05) is 18.4 Å². The van der Waals surface area contributed by atoms with Crippen LogP contribution in [0.25, 0.3) is 6.08 Å². The topological polar surface area (TPSA) is 84.3 Å². The Morgan fingerprint density at radius 3 is 2.50 bits per heavy atom. The molecule has 0 aliphatic heterocycles. The lowest BCUT2D eigenvalue weighted by atomic mass is 10.1. The molecule has 0 aromatic heterocycles. The van der Waals surface area contributed by atoms with E-state index >= 15 is 0 Å². The highest BCUT2D eigenvalue weighted by molar-refractivity contribution is 5.91. The van der Waals surface area contributed by atoms with Crippen LogP contribution < -0.4 is 10.6 Å². The van der Waals surface area contributed by atoms with E-state index in [1.165, 1.54) is 18.2 Å². The zero-order valence-electron chi connectivity index (χ0n) is 13.4. The summed E-state index contributed by atoms with van der Waals surface area (Å²) in [5.74, 6) is -0.163. The van der Waals surface area contributed by atoms with Crippen molar-refractivity contribution in [3.05, 3.63) is 75.8 Å². The minimum absolute atomic E-state index is 0.0511. The SMILES string of the molecule is Cc1ccccc1/C=C/C(=O)NCCNc1ccc([N+](=O)[O-])cc1. The predicted octanol–water partition coefficient (Wildman–Crippen LogP) is 3.14. The van der Waals surface area contributed by atoms with Crippen molar-refractivity contribution in [1.82, 2.24) is 5.32 Å². The zero-order valence-corrected chi connectivity index (χ0v) is 13.4. The molecule has 0 heterocycles. The second-order valence-electron chi connectivity index (χ2n) is 5.21. The third-order valence-electron chi connectivity index (χ3n) is 3.43. The van der Waals surface area contributed by atoms with E-state index in [9.17, 15) is 14.9 Å². The summed E-state index contributed by atoms with van der Waals surface area (Å²) >= 11 is 0. The van der Waals surface area contributed by atoms with Crippen LogP contribution in [-0.4, -0.2) is 23.9 Å². The molecule has 6 heteroatoms. The largest absolute Gasteiger partial charge is 0.383 e. The number of anilines is 1. The maximum atomic E-state index is 11.8. The first kappa shape index (κ1) is 17.2. The Morgan fingerprint density at radius 2 is 1.83 bits per heavy atom. The Bertz CT molecular complexity index is 739. The Morgan fingerprint density at radius 1 is 1.12 bits per heavy atom. The minimum atomic E-state index is -0.440. The smallest absolute Gasteiger partial charge is 0.269 e. The maximum absolute atomic E-state index is 11.8. The molecule has 0 spiro atoms. The summed E-state index contributed by atoms with van der Waals surface area (Å²) in [5.41, 5.74) is 2.94. The Balaban J connectivity index is 1.73. The highest BCUT2D eigenvalue weighted by atomic mass is 16.6. The van der Waals surface area contributed by atoms with Crippen molar-refractivity contribution >= 4 is 23.4 Å². The van der Waals surface area contributed by atoms with Crippen molar-refractivity contribution in [3.63, 3.8) is 0 Å². The van der Waals surface area contributed by atoms with Crippen LogP contribution in [0.3, 0.4) is 0 Å². The van der Waals surface area contributed by atoms with Gasteiger partial charge in [0.1, 0.15) is 0 Å². The lowest BCUT2D eigenvalue weighted by molar-refractivity contribution is -0.384. The quantitative estimate of drug-likeness (QED) is 0.354. The molecule has 124 valence electrons. The molecule has 0 fully saturated rings. The molecule has 0 atom stereocenters. The van der Waals surface area contributed by atoms with Gasteiger partial charge in [0, 0.05) is 37.0 Å². The Kier molecular flexibility index (Phi) is 6.08. The lowest BCUT2D eigenvalue weighted by Crippen LogP contribution is -2.27. The number of carbonyl (C=O) groups excluding carboxylic acids is 1. The first-order valence-corrected chi connectivity index (χ1v) is 7.56. The van der Waals surface area contributed by atoms with E-state index in [4.69, 9.17) is 0 Å². The molecule has 0 aliphatic rings. The Hall–Kier alpha value is -3.15. The number of carbonyl (C=O) groups is 1. The number of hydrogen-bond donors (Lipinski definition) is 2. The molecule has 2 rings (SSSR count). The monoisotopic (exact) mass is 325 g/mol. The average Bonchev–Trinajstić information content (AvgIpc) is 2.58. The third kappa shape index (κ3) is 5.24. The minimum Gasteiger partial charge on any atom is -0.383 e. The summed E-state index contributed by atoms with van der Waals surface area (Å²) in [5, 5.41) is 16.4. The van der Waals surface area contributed by atoms with Crippen molar-refractivity contribution in [1.29, 1.82) is 0 Å². The molecular weight excluding hydrogens is 306 g/mol. The molecule has 0 aliphatic carbocycles.